The third-order valence-corrected chi connectivity index (χ3v) is 4.56. The molecule has 1 aromatic rings. The number of nitro benzene ring substituents is 1. The van der Waals surface area contributed by atoms with E-state index in [1.165, 1.54) is 31.4 Å². The molecule has 7 nitrogen and oxygen atoms in total. The first-order valence-electron chi connectivity index (χ1n) is 7.90. The summed E-state index contributed by atoms with van der Waals surface area (Å²) >= 11 is 5.76. The molecule has 1 amide bonds. The molecule has 0 heterocycles. The molecule has 8 heteroatoms. The van der Waals surface area contributed by atoms with Crippen LogP contribution in [0.5, 0.6) is 0 Å². The molecule has 2 rings (SSSR count). The highest BCUT2D eigenvalue weighted by Gasteiger charge is 2.41. The third-order valence-electron chi connectivity index (χ3n) is 4.24. The van der Waals surface area contributed by atoms with E-state index in [0.29, 0.717) is 18.4 Å². The van der Waals surface area contributed by atoms with Crippen LogP contribution in [0.1, 0.15) is 37.7 Å². The fourth-order valence-electron chi connectivity index (χ4n) is 2.95. The van der Waals surface area contributed by atoms with Crippen molar-refractivity contribution in [2.75, 3.05) is 7.11 Å². The highest BCUT2D eigenvalue weighted by Crippen LogP contribution is 2.29. The van der Waals surface area contributed by atoms with Gasteiger partial charge in [-0.25, -0.2) is 4.79 Å². The van der Waals surface area contributed by atoms with Gasteiger partial charge >= 0.3 is 5.97 Å². The van der Waals surface area contributed by atoms with Crippen molar-refractivity contribution in [1.29, 1.82) is 0 Å². The van der Waals surface area contributed by atoms with E-state index in [2.05, 4.69) is 5.32 Å². The number of methoxy groups -OCH3 is 1. The molecule has 0 radical (unpaired) electrons. The fraction of sp³-hybridized carbons (Fsp3) is 0.412. The number of hydrogen-bond donors (Lipinski definition) is 1. The van der Waals surface area contributed by atoms with Crippen LogP contribution in [0.15, 0.2) is 24.3 Å². The lowest BCUT2D eigenvalue weighted by atomic mass is 9.81. The average Bonchev–Trinajstić information content (AvgIpc) is 2.60. The summed E-state index contributed by atoms with van der Waals surface area (Å²) in [6.45, 7) is 0. The van der Waals surface area contributed by atoms with Crippen molar-refractivity contribution >= 4 is 35.2 Å². The number of nitro groups is 1. The Labute approximate surface area is 150 Å². The molecule has 0 aliphatic heterocycles. The van der Waals surface area contributed by atoms with Gasteiger partial charge in [-0.2, -0.15) is 0 Å². The molecule has 0 spiro atoms. The Balaban J connectivity index is 2.13. The SMILES string of the molecule is COC(=O)C1(NC(=O)/C=C/c2ccc(Cl)c([N+](=O)[O-])c2)CCCCC1. The molecular weight excluding hydrogens is 348 g/mol. The molecule has 0 aromatic heterocycles. The van der Waals surface area contributed by atoms with Gasteiger partial charge in [0.2, 0.25) is 5.91 Å². The summed E-state index contributed by atoms with van der Waals surface area (Å²) < 4.78 is 4.84. The number of nitrogens with zero attached hydrogens (tertiary/aromatic N) is 1. The Kier molecular flexibility index (Phi) is 6.14. The Bertz CT molecular complexity index is 711. The lowest BCUT2D eigenvalue weighted by Gasteiger charge is -2.34. The standard InChI is InChI=1S/C17H19ClN2O5/c1-25-16(22)17(9-3-2-4-10-17)19-15(21)8-6-12-5-7-13(18)14(11-12)20(23)24/h5-8,11H,2-4,9-10H2,1H3,(H,19,21)/b8-6+. The van der Waals surface area contributed by atoms with Crippen molar-refractivity contribution in [3.8, 4) is 0 Å². The van der Waals surface area contributed by atoms with Crippen LogP contribution < -0.4 is 5.32 Å². The molecular formula is C17H19ClN2O5. The first-order valence-corrected chi connectivity index (χ1v) is 8.28. The van der Waals surface area contributed by atoms with Crippen LogP contribution in [0.3, 0.4) is 0 Å². The summed E-state index contributed by atoms with van der Waals surface area (Å²) in [5.74, 6) is -0.902. The Morgan fingerprint density at radius 2 is 2.00 bits per heavy atom. The molecule has 0 saturated heterocycles. The fourth-order valence-corrected chi connectivity index (χ4v) is 3.14. The molecule has 1 aliphatic rings. The molecule has 25 heavy (non-hydrogen) atoms. The minimum Gasteiger partial charge on any atom is -0.467 e. The predicted molar refractivity (Wildman–Crippen MR) is 93.1 cm³/mol. The molecule has 0 atom stereocenters. The van der Waals surface area contributed by atoms with Crippen molar-refractivity contribution < 1.29 is 19.2 Å². The Morgan fingerprint density at radius 1 is 1.32 bits per heavy atom. The van der Waals surface area contributed by atoms with E-state index in [4.69, 9.17) is 16.3 Å². The van der Waals surface area contributed by atoms with Gasteiger partial charge in [0.1, 0.15) is 10.6 Å². The molecule has 1 N–H and O–H groups in total. The van der Waals surface area contributed by atoms with Gasteiger partial charge in [-0.1, -0.05) is 36.9 Å². The first-order chi connectivity index (χ1) is 11.9. The van der Waals surface area contributed by atoms with E-state index in [1.807, 2.05) is 0 Å². The summed E-state index contributed by atoms with van der Waals surface area (Å²) in [6, 6.07) is 4.24. The highest BCUT2D eigenvalue weighted by molar-refractivity contribution is 6.32. The van der Waals surface area contributed by atoms with Crippen molar-refractivity contribution in [1.82, 2.24) is 5.32 Å². The maximum Gasteiger partial charge on any atom is 0.331 e. The lowest BCUT2D eigenvalue weighted by molar-refractivity contribution is -0.384. The van der Waals surface area contributed by atoms with Gasteiger partial charge < -0.3 is 10.1 Å². The highest BCUT2D eigenvalue weighted by atomic mass is 35.5. The summed E-state index contributed by atoms with van der Waals surface area (Å²) in [7, 11) is 1.30. The number of rotatable bonds is 5. The number of carbonyl (C=O) groups is 2. The minimum absolute atomic E-state index is 0.0263. The number of hydrogen-bond acceptors (Lipinski definition) is 5. The first kappa shape index (κ1) is 18.9. The van der Waals surface area contributed by atoms with Crippen molar-refractivity contribution in [2.45, 2.75) is 37.6 Å². The average molecular weight is 367 g/mol. The number of carbonyl (C=O) groups excluding carboxylic acids is 2. The summed E-state index contributed by atoms with van der Waals surface area (Å²) in [5.41, 5.74) is -0.773. The van der Waals surface area contributed by atoms with Gasteiger partial charge in [0, 0.05) is 12.1 Å². The zero-order valence-corrected chi connectivity index (χ0v) is 14.5. The number of ether oxygens (including phenoxy) is 1. The number of benzene rings is 1. The number of amides is 1. The quantitative estimate of drug-likeness (QED) is 0.373. The summed E-state index contributed by atoms with van der Waals surface area (Å²) in [5, 5.41) is 13.7. The Hall–Kier alpha value is -2.41. The third kappa shape index (κ3) is 4.57. The Morgan fingerprint density at radius 3 is 2.60 bits per heavy atom. The second-order valence-corrected chi connectivity index (χ2v) is 6.33. The number of esters is 1. The second-order valence-electron chi connectivity index (χ2n) is 5.92. The summed E-state index contributed by atoms with van der Waals surface area (Å²) in [4.78, 5) is 34.6. The monoisotopic (exact) mass is 366 g/mol. The van der Waals surface area contributed by atoms with Crippen molar-refractivity contribution in [3.05, 3.63) is 45.0 Å². The molecule has 0 unspecified atom stereocenters. The zero-order valence-electron chi connectivity index (χ0n) is 13.8. The minimum atomic E-state index is -1.000. The van der Waals surface area contributed by atoms with Crippen LogP contribution in [-0.2, 0) is 14.3 Å². The van der Waals surface area contributed by atoms with Crippen LogP contribution >= 0.6 is 11.6 Å². The molecule has 1 aromatic carbocycles. The van der Waals surface area contributed by atoms with E-state index in [1.54, 1.807) is 6.07 Å². The van der Waals surface area contributed by atoms with Crippen LogP contribution in [0, 0.1) is 10.1 Å². The van der Waals surface area contributed by atoms with E-state index >= 15 is 0 Å². The zero-order chi connectivity index (χ0) is 18.4. The molecule has 0 bridgehead atoms. The van der Waals surface area contributed by atoms with Gasteiger partial charge in [-0.3, -0.25) is 14.9 Å². The smallest absolute Gasteiger partial charge is 0.331 e. The van der Waals surface area contributed by atoms with Crippen molar-refractivity contribution in [2.24, 2.45) is 0 Å². The largest absolute Gasteiger partial charge is 0.467 e. The van der Waals surface area contributed by atoms with Crippen molar-refractivity contribution in [3.63, 3.8) is 0 Å². The number of nitrogens with one attached hydrogen (secondary N) is 1. The normalized spacial score (nSPS) is 16.4. The van der Waals surface area contributed by atoms with E-state index in [0.717, 1.165) is 19.3 Å². The summed E-state index contributed by atoms with van der Waals surface area (Å²) in [6.07, 6.45) is 6.43. The van der Waals surface area contributed by atoms with E-state index in [-0.39, 0.29) is 10.7 Å². The van der Waals surface area contributed by atoms with Gasteiger partial charge in [-0.15, -0.1) is 0 Å². The lowest BCUT2D eigenvalue weighted by Crippen LogP contribution is -2.55. The predicted octanol–water partition coefficient (Wildman–Crippen LogP) is 3.25. The maximum absolute atomic E-state index is 12.2. The van der Waals surface area contributed by atoms with Crippen LogP contribution in [0.25, 0.3) is 6.08 Å². The van der Waals surface area contributed by atoms with Gasteiger partial charge in [0.05, 0.1) is 12.0 Å². The second kappa shape index (κ2) is 8.11. The van der Waals surface area contributed by atoms with Gasteiger partial charge in [0.15, 0.2) is 0 Å². The van der Waals surface area contributed by atoms with Crippen LogP contribution in [-0.4, -0.2) is 29.4 Å². The maximum atomic E-state index is 12.2. The molecule has 134 valence electrons. The molecule has 1 aliphatic carbocycles. The van der Waals surface area contributed by atoms with Crippen LogP contribution in [0.2, 0.25) is 5.02 Å². The van der Waals surface area contributed by atoms with Crippen LogP contribution in [0.4, 0.5) is 5.69 Å². The topological polar surface area (TPSA) is 98.5 Å². The van der Waals surface area contributed by atoms with Gasteiger partial charge in [-0.05, 0) is 30.5 Å². The number of halogens is 1. The molecule has 1 saturated carbocycles. The van der Waals surface area contributed by atoms with Gasteiger partial charge in [0.25, 0.3) is 5.69 Å². The van der Waals surface area contributed by atoms with E-state index < -0.39 is 22.3 Å². The van der Waals surface area contributed by atoms with E-state index in [9.17, 15) is 19.7 Å². The molecule has 1 fully saturated rings.